The Hall–Kier alpha value is -1.44. The molecule has 1 heterocycles. The normalized spacial score (nSPS) is 17.5. The molecule has 3 N–H and O–H groups in total. The standard InChI is InChI=1S/C18H28N2O4S/c1-11-12(2)14(4)16(15(5)13(11)3)25(22,23)20-10-18(17(19)21)6-8-24-9-7-18/h20H,6-10H2,1-5H3,(H2,19,21). The molecule has 1 amide bonds. The van der Waals surface area contributed by atoms with Crippen LogP contribution < -0.4 is 10.5 Å². The largest absolute Gasteiger partial charge is 0.381 e. The summed E-state index contributed by atoms with van der Waals surface area (Å²) in [5.74, 6) is -0.483. The van der Waals surface area contributed by atoms with E-state index in [1.54, 1.807) is 0 Å². The van der Waals surface area contributed by atoms with Crippen LogP contribution in [0.25, 0.3) is 0 Å². The summed E-state index contributed by atoms with van der Waals surface area (Å²) in [7, 11) is -3.75. The van der Waals surface area contributed by atoms with Crippen molar-refractivity contribution in [1.29, 1.82) is 0 Å². The molecule has 1 saturated heterocycles. The third-order valence-electron chi connectivity index (χ3n) is 5.77. The van der Waals surface area contributed by atoms with Crippen molar-refractivity contribution in [3.8, 4) is 0 Å². The summed E-state index contributed by atoms with van der Waals surface area (Å²) >= 11 is 0. The van der Waals surface area contributed by atoms with Crippen LogP contribution >= 0.6 is 0 Å². The van der Waals surface area contributed by atoms with Crippen LogP contribution in [0.5, 0.6) is 0 Å². The quantitative estimate of drug-likeness (QED) is 0.828. The minimum Gasteiger partial charge on any atom is -0.381 e. The number of ether oxygens (including phenoxy) is 1. The predicted molar refractivity (Wildman–Crippen MR) is 97.0 cm³/mol. The van der Waals surface area contributed by atoms with Crippen LogP contribution in [0.3, 0.4) is 0 Å². The Morgan fingerprint density at radius 3 is 1.88 bits per heavy atom. The van der Waals surface area contributed by atoms with E-state index in [4.69, 9.17) is 10.5 Å². The number of primary amides is 1. The zero-order valence-electron chi connectivity index (χ0n) is 15.7. The molecule has 1 aromatic carbocycles. The minimum absolute atomic E-state index is 0.00111. The second kappa shape index (κ2) is 7.05. The molecule has 1 aromatic rings. The number of nitrogens with one attached hydrogen (secondary N) is 1. The smallest absolute Gasteiger partial charge is 0.241 e. The van der Waals surface area contributed by atoms with Gasteiger partial charge in [-0.2, -0.15) is 0 Å². The highest BCUT2D eigenvalue weighted by atomic mass is 32.2. The molecule has 1 aliphatic rings. The maximum atomic E-state index is 13.0. The molecule has 0 atom stereocenters. The van der Waals surface area contributed by atoms with E-state index in [9.17, 15) is 13.2 Å². The van der Waals surface area contributed by atoms with Gasteiger partial charge in [0.05, 0.1) is 10.3 Å². The highest BCUT2D eigenvalue weighted by Gasteiger charge is 2.39. The predicted octanol–water partition coefficient (Wildman–Crippen LogP) is 1.79. The van der Waals surface area contributed by atoms with Gasteiger partial charge in [-0.05, 0) is 75.3 Å². The summed E-state index contributed by atoms with van der Waals surface area (Å²) in [5.41, 5.74) is 9.22. The maximum absolute atomic E-state index is 13.0. The van der Waals surface area contributed by atoms with Crippen LogP contribution in [-0.4, -0.2) is 34.1 Å². The van der Waals surface area contributed by atoms with Crippen LogP contribution in [0.4, 0.5) is 0 Å². The number of sulfonamides is 1. The van der Waals surface area contributed by atoms with Crippen molar-refractivity contribution < 1.29 is 17.9 Å². The van der Waals surface area contributed by atoms with E-state index < -0.39 is 21.3 Å². The Balaban J connectivity index is 2.39. The summed E-state index contributed by atoms with van der Waals surface area (Å²) in [6, 6.07) is 0. The van der Waals surface area contributed by atoms with E-state index in [2.05, 4.69) is 4.72 Å². The Bertz CT molecular complexity index is 765. The SMILES string of the molecule is Cc1c(C)c(C)c(S(=O)(=O)NCC2(C(N)=O)CCOCC2)c(C)c1C. The first kappa shape index (κ1) is 19.9. The van der Waals surface area contributed by atoms with Gasteiger partial charge in [-0.3, -0.25) is 4.79 Å². The fourth-order valence-corrected chi connectivity index (χ4v) is 5.17. The number of rotatable bonds is 5. The molecule has 1 fully saturated rings. The lowest BCUT2D eigenvalue weighted by Gasteiger charge is -2.34. The summed E-state index contributed by atoms with van der Waals surface area (Å²) in [5, 5.41) is 0. The van der Waals surface area contributed by atoms with Crippen molar-refractivity contribution in [2.24, 2.45) is 11.1 Å². The van der Waals surface area contributed by atoms with E-state index in [0.717, 1.165) is 27.8 Å². The Morgan fingerprint density at radius 2 is 1.44 bits per heavy atom. The molecule has 0 aliphatic carbocycles. The van der Waals surface area contributed by atoms with Gasteiger partial charge in [0.1, 0.15) is 0 Å². The summed E-state index contributed by atoms with van der Waals surface area (Å²) < 4.78 is 33.9. The molecule has 7 heteroatoms. The molecule has 0 spiro atoms. The molecule has 0 radical (unpaired) electrons. The van der Waals surface area contributed by atoms with E-state index in [1.807, 2.05) is 34.6 Å². The topological polar surface area (TPSA) is 98.5 Å². The average Bonchev–Trinajstić information content (AvgIpc) is 2.57. The molecule has 140 valence electrons. The molecule has 2 rings (SSSR count). The van der Waals surface area contributed by atoms with Crippen molar-refractivity contribution in [1.82, 2.24) is 4.72 Å². The number of nitrogens with two attached hydrogens (primary N) is 1. The fraction of sp³-hybridized carbons (Fsp3) is 0.611. The zero-order chi connectivity index (χ0) is 19.0. The molecular formula is C18H28N2O4S. The third kappa shape index (κ3) is 3.59. The first-order valence-electron chi connectivity index (χ1n) is 8.48. The molecule has 0 bridgehead atoms. The first-order chi connectivity index (χ1) is 11.5. The Morgan fingerprint density at radius 1 is 1.00 bits per heavy atom. The number of carbonyl (C=O) groups is 1. The lowest BCUT2D eigenvalue weighted by molar-refractivity contribution is -0.132. The van der Waals surface area contributed by atoms with Crippen LogP contribution in [0.2, 0.25) is 0 Å². The number of amides is 1. The molecule has 0 unspecified atom stereocenters. The van der Waals surface area contributed by atoms with Gasteiger partial charge in [0.15, 0.2) is 0 Å². The molecule has 6 nitrogen and oxygen atoms in total. The highest BCUT2D eigenvalue weighted by molar-refractivity contribution is 7.89. The monoisotopic (exact) mass is 368 g/mol. The van der Waals surface area contributed by atoms with Gasteiger partial charge in [-0.15, -0.1) is 0 Å². The van der Waals surface area contributed by atoms with Crippen LogP contribution in [0.15, 0.2) is 4.90 Å². The van der Waals surface area contributed by atoms with Crippen LogP contribution in [0, 0.1) is 40.0 Å². The number of hydrogen-bond acceptors (Lipinski definition) is 4. The van der Waals surface area contributed by atoms with Crippen molar-refractivity contribution in [2.45, 2.75) is 52.4 Å². The van der Waals surface area contributed by atoms with Crippen molar-refractivity contribution >= 4 is 15.9 Å². The highest BCUT2D eigenvalue weighted by Crippen LogP contribution is 2.32. The molecule has 1 aliphatic heterocycles. The molecular weight excluding hydrogens is 340 g/mol. The van der Waals surface area contributed by atoms with E-state index in [0.29, 0.717) is 31.0 Å². The first-order valence-corrected chi connectivity index (χ1v) is 9.96. The minimum atomic E-state index is -3.75. The zero-order valence-corrected chi connectivity index (χ0v) is 16.5. The summed E-state index contributed by atoms with van der Waals surface area (Å²) in [4.78, 5) is 12.3. The lowest BCUT2D eigenvalue weighted by atomic mass is 9.80. The Kier molecular flexibility index (Phi) is 5.61. The fourth-order valence-electron chi connectivity index (χ4n) is 3.45. The Labute approximate surface area is 150 Å². The second-order valence-electron chi connectivity index (χ2n) is 7.04. The van der Waals surface area contributed by atoms with Crippen LogP contribution in [0.1, 0.15) is 40.7 Å². The maximum Gasteiger partial charge on any atom is 0.241 e. The van der Waals surface area contributed by atoms with Gasteiger partial charge in [0.2, 0.25) is 15.9 Å². The second-order valence-corrected chi connectivity index (χ2v) is 8.74. The van der Waals surface area contributed by atoms with Crippen LogP contribution in [-0.2, 0) is 19.6 Å². The van der Waals surface area contributed by atoms with Gasteiger partial charge in [0, 0.05) is 19.8 Å². The van der Waals surface area contributed by atoms with Crippen molar-refractivity contribution in [2.75, 3.05) is 19.8 Å². The van der Waals surface area contributed by atoms with E-state index >= 15 is 0 Å². The lowest BCUT2D eigenvalue weighted by Crippen LogP contribution is -2.49. The van der Waals surface area contributed by atoms with Gasteiger partial charge in [-0.1, -0.05) is 0 Å². The van der Waals surface area contributed by atoms with Gasteiger partial charge < -0.3 is 10.5 Å². The third-order valence-corrected chi connectivity index (χ3v) is 7.45. The van der Waals surface area contributed by atoms with Gasteiger partial charge in [-0.25, -0.2) is 13.1 Å². The summed E-state index contributed by atoms with van der Waals surface area (Å²) in [6.45, 7) is 10.3. The number of benzene rings is 1. The number of hydrogen-bond donors (Lipinski definition) is 2. The van der Waals surface area contributed by atoms with E-state index in [1.165, 1.54) is 0 Å². The molecule has 0 saturated carbocycles. The van der Waals surface area contributed by atoms with Gasteiger partial charge in [0.25, 0.3) is 0 Å². The summed E-state index contributed by atoms with van der Waals surface area (Å²) in [6.07, 6.45) is 0.851. The number of carbonyl (C=O) groups excluding carboxylic acids is 1. The van der Waals surface area contributed by atoms with Crippen molar-refractivity contribution in [3.63, 3.8) is 0 Å². The van der Waals surface area contributed by atoms with E-state index in [-0.39, 0.29) is 6.54 Å². The molecule has 0 aromatic heterocycles. The van der Waals surface area contributed by atoms with Crippen molar-refractivity contribution in [3.05, 3.63) is 27.8 Å². The average molecular weight is 368 g/mol. The van der Waals surface area contributed by atoms with Gasteiger partial charge >= 0.3 is 0 Å². The molecule has 25 heavy (non-hydrogen) atoms.